The van der Waals surface area contributed by atoms with Gasteiger partial charge in [0.05, 0.1) is 16.3 Å². The Hall–Kier alpha value is -2.27. The predicted molar refractivity (Wildman–Crippen MR) is 106 cm³/mol. The monoisotopic (exact) mass is 365 g/mol. The third-order valence-corrected chi connectivity index (χ3v) is 5.75. The largest absolute Gasteiger partial charge is 0.352 e. The number of nitrogens with zero attached hydrogens (tertiary/aromatic N) is 2. The van der Waals surface area contributed by atoms with Crippen LogP contribution in [0.25, 0.3) is 11.0 Å². The number of amides is 1. The van der Waals surface area contributed by atoms with E-state index >= 15 is 0 Å². The van der Waals surface area contributed by atoms with Crippen LogP contribution in [0.15, 0.2) is 59.8 Å². The van der Waals surface area contributed by atoms with E-state index in [4.69, 9.17) is 4.98 Å². The average molecular weight is 366 g/mol. The Morgan fingerprint density at radius 2 is 1.92 bits per heavy atom. The van der Waals surface area contributed by atoms with Gasteiger partial charge in [-0.15, -0.1) is 0 Å². The molecule has 1 aliphatic carbocycles. The maximum Gasteiger partial charge on any atom is 0.233 e. The third-order valence-electron chi connectivity index (χ3n) is 4.66. The fourth-order valence-corrected chi connectivity index (χ4v) is 3.96. The second kappa shape index (κ2) is 7.54. The lowest BCUT2D eigenvalue weighted by atomic mass is 10.1. The summed E-state index contributed by atoms with van der Waals surface area (Å²) in [7, 11) is 0. The molecule has 0 aliphatic heterocycles. The summed E-state index contributed by atoms with van der Waals surface area (Å²) in [6, 6.07) is 19.1. The first-order valence-corrected chi connectivity index (χ1v) is 10.0. The summed E-state index contributed by atoms with van der Waals surface area (Å²) in [6.07, 6.45) is 3.16. The molecule has 1 aliphatic rings. The SMILES string of the molecule is CC(Sc1nc2ccccc2n1CCc1ccccc1)C(=O)NC1CC1. The number of nitrogens with one attached hydrogen (secondary N) is 1. The summed E-state index contributed by atoms with van der Waals surface area (Å²) in [5.41, 5.74) is 3.42. The number of hydrogen-bond donors (Lipinski definition) is 1. The Balaban J connectivity index is 1.55. The van der Waals surface area contributed by atoms with Crippen LogP contribution in [0.2, 0.25) is 0 Å². The van der Waals surface area contributed by atoms with Gasteiger partial charge in [-0.2, -0.15) is 0 Å². The first-order chi connectivity index (χ1) is 12.7. The van der Waals surface area contributed by atoms with Crippen molar-refractivity contribution in [3.8, 4) is 0 Å². The summed E-state index contributed by atoms with van der Waals surface area (Å²) in [4.78, 5) is 17.1. The van der Waals surface area contributed by atoms with Crippen molar-refractivity contribution in [1.29, 1.82) is 0 Å². The van der Waals surface area contributed by atoms with Gasteiger partial charge in [0.1, 0.15) is 0 Å². The number of hydrogen-bond acceptors (Lipinski definition) is 3. The normalized spacial score (nSPS) is 15.1. The van der Waals surface area contributed by atoms with Crippen molar-refractivity contribution in [2.75, 3.05) is 0 Å². The van der Waals surface area contributed by atoms with Crippen LogP contribution < -0.4 is 5.32 Å². The smallest absolute Gasteiger partial charge is 0.233 e. The number of aryl methyl sites for hydroxylation is 2. The molecule has 0 spiro atoms. The quantitative estimate of drug-likeness (QED) is 0.643. The van der Waals surface area contributed by atoms with Crippen molar-refractivity contribution in [2.45, 2.75) is 49.2 Å². The van der Waals surface area contributed by atoms with Crippen LogP contribution in [-0.4, -0.2) is 26.8 Å². The molecule has 26 heavy (non-hydrogen) atoms. The van der Waals surface area contributed by atoms with E-state index in [1.807, 2.05) is 31.2 Å². The molecular formula is C21H23N3OS. The maximum absolute atomic E-state index is 12.3. The summed E-state index contributed by atoms with van der Waals surface area (Å²) in [5.74, 6) is 0.110. The zero-order valence-corrected chi connectivity index (χ0v) is 15.7. The number of carbonyl (C=O) groups is 1. The van der Waals surface area contributed by atoms with Gasteiger partial charge in [-0.25, -0.2) is 4.98 Å². The highest BCUT2D eigenvalue weighted by Crippen LogP contribution is 2.28. The predicted octanol–water partition coefficient (Wildman–Crippen LogP) is 4.04. The van der Waals surface area contributed by atoms with E-state index in [0.717, 1.165) is 42.0 Å². The van der Waals surface area contributed by atoms with Crippen molar-refractivity contribution < 1.29 is 4.79 Å². The van der Waals surface area contributed by atoms with Crippen LogP contribution in [0, 0.1) is 0 Å². The summed E-state index contributed by atoms with van der Waals surface area (Å²) < 4.78 is 2.24. The Morgan fingerprint density at radius 3 is 2.69 bits per heavy atom. The minimum atomic E-state index is -0.150. The van der Waals surface area contributed by atoms with Crippen molar-refractivity contribution in [2.24, 2.45) is 0 Å². The van der Waals surface area contributed by atoms with Gasteiger partial charge in [0.2, 0.25) is 5.91 Å². The second-order valence-electron chi connectivity index (χ2n) is 6.81. The molecule has 4 nitrogen and oxygen atoms in total. The topological polar surface area (TPSA) is 46.9 Å². The molecule has 0 radical (unpaired) electrons. The highest BCUT2D eigenvalue weighted by Gasteiger charge is 2.27. The number of para-hydroxylation sites is 2. The zero-order valence-electron chi connectivity index (χ0n) is 14.9. The van der Waals surface area contributed by atoms with E-state index < -0.39 is 0 Å². The zero-order chi connectivity index (χ0) is 17.9. The minimum absolute atomic E-state index is 0.110. The number of rotatable bonds is 7. The number of benzene rings is 2. The fraction of sp³-hybridized carbons (Fsp3) is 0.333. The first-order valence-electron chi connectivity index (χ1n) is 9.17. The molecule has 1 amide bonds. The molecule has 3 aromatic rings. The Labute approximate surface area is 158 Å². The lowest BCUT2D eigenvalue weighted by Crippen LogP contribution is -2.32. The number of thioether (sulfide) groups is 1. The number of imidazole rings is 1. The van der Waals surface area contributed by atoms with Crippen molar-refractivity contribution in [3.63, 3.8) is 0 Å². The van der Waals surface area contributed by atoms with Gasteiger partial charge >= 0.3 is 0 Å². The van der Waals surface area contributed by atoms with Crippen LogP contribution in [0.3, 0.4) is 0 Å². The molecule has 134 valence electrons. The summed E-state index contributed by atoms with van der Waals surface area (Å²) in [6.45, 7) is 2.81. The van der Waals surface area contributed by atoms with Gasteiger partial charge in [0.15, 0.2) is 5.16 Å². The molecule has 0 bridgehead atoms. The van der Waals surface area contributed by atoms with E-state index in [1.54, 1.807) is 11.8 Å². The molecule has 1 aromatic heterocycles. The molecule has 5 heteroatoms. The molecule has 1 N–H and O–H groups in total. The number of carbonyl (C=O) groups excluding carboxylic acids is 1. The van der Waals surface area contributed by atoms with Crippen LogP contribution >= 0.6 is 11.8 Å². The van der Waals surface area contributed by atoms with Gasteiger partial charge < -0.3 is 9.88 Å². The first kappa shape index (κ1) is 17.2. The van der Waals surface area contributed by atoms with Crippen LogP contribution in [-0.2, 0) is 17.8 Å². The standard InChI is InChI=1S/C21H23N3OS/c1-15(20(25)22-17-11-12-17)26-21-23-18-9-5-6-10-19(18)24(21)14-13-16-7-3-2-4-8-16/h2-10,15,17H,11-14H2,1H3,(H,22,25). The van der Waals surface area contributed by atoms with Gasteiger partial charge in [-0.05, 0) is 43.9 Å². The molecule has 0 saturated heterocycles. The highest BCUT2D eigenvalue weighted by molar-refractivity contribution is 8.00. The van der Waals surface area contributed by atoms with Crippen molar-refractivity contribution in [1.82, 2.24) is 14.9 Å². The van der Waals surface area contributed by atoms with E-state index in [2.05, 4.69) is 40.2 Å². The lowest BCUT2D eigenvalue weighted by Gasteiger charge is -2.13. The molecular weight excluding hydrogens is 342 g/mol. The average Bonchev–Trinajstić information content (AvgIpc) is 3.41. The van der Waals surface area contributed by atoms with Gasteiger partial charge in [0, 0.05) is 12.6 Å². The van der Waals surface area contributed by atoms with Gasteiger partial charge in [-0.3, -0.25) is 4.79 Å². The molecule has 1 fully saturated rings. The van der Waals surface area contributed by atoms with Crippen LogP contribution in [0.1, 0.15) is 25.3 Å². The third kappa shape index (κ3) is 3.93. The maximum atomic E-state index is 12.3. The van der Waals surface area contributed by atoms with Crippen LogP contribution in [0.5, 0.6) is 0 Å². The minimum Gasteiger partial charge on any atom is -0.352 e. The van der Waals surface area contributed by atoms with E-state index in [0.29, 0.717) is 6.04 Å². The summed E-state index contributed by atoms with van der Waals surface area (Å²) >= 11 is 1.55. The molecule has 1 unspecified atom stereocenters. The Bertz CT molecular complexity index is 902. The molecule has 1 saturated carbocycles. The molecule has 1 atom stereocenters. The molecule has 1 heterocycles. The number of fused-ring (bicyclic) bond motifs is 1. The van der Waals surface area contributed by atoms with Gasteiger partial charge in [-0.1, -0.05) is 54.2 Å². The highest BCUT2D eigenvalue weighted by atomic mass is 32.2. The van der Waals surface area contributed by atoms with E-state index in [9.17, 15) is 4.79 Å². The van der Waals surface area contributed by atoms with E-state index in [-0.39, 0.29) is 11.2 Å². The number of aromatic nitrogens is 2. The van der Waals surface area contributed by atoms with Crippen molar-refractivity contribution in [3.05, 3.63) is 60.2 Å². The Kier molecular flexibility index (Phi) is 4.98. The van der Waals surface area contributed by atoms with Crippen LogP contribution in [0.4, 0.5) is 0 Å². The molecule has 4 rings (SSSR count). The molecule has 2 aromatic carbocycles. The van der Waals surface area contributed by atoms with Crippen molar-refractivity contribution >= 4 is 28.7 Å². The fourth-order valence-electron chi connectivity index (χ4n) is 3.00. The van der Waals surface area contributed by atoms with E-state index in [1.165, 1.54) is 5.56 Å². The van der Waals surface area contributed by atoms with Gasteiger partial charge in [0.25, 0.3) is 0 Å². The second-order valence-corrected chi connectivity index (χ2v) is 8.12. The lowest BCUT2D eigenvalue weighted by molar-refractivity contribution is -0.120. The summed E-state index contributed by atoms with van der Waals surface area (Å²) in [5, 5.41) is 3.86. The Morgan fingerprint density at radius 1 is 1.19 bits per heavy atom.